The highest BCUT2D eigenvalue weighted by Gasteiger charge is 2.13. The van der Waals surface area contributed by atoms with Crippen molar-refractivity contribution in [2.75, 3.05) is 26.6 Å². The second-order valence-electron chi connectivity index (χ2n) is 3.88. The normalized spacial score (nSPS) is 11.0. The van der Waals surface area contributed by atoms with Gasteiger partial charge in [0.2, 0.25) is 11.8 Å². The molecule has 0 aliphatic rings. The van der Waals surface area contributed by atoms with Crippen LogP contribution >= 0.6 is 0 Å². The molecule has 0 atom stereocenters. The van der Waals surface area contributed by atoms with E-state index in [1.165, 1.54) is 6.33 Å². The van der Waals surface area contributed by atoms with Gasteiger partial charge in [0, 0.05) is 20.3 Å². The topological polar surface area (TPSA) is 88.1 Å². The van der Waals surface area contributed by atoms with Crippen molar-refractivity contribution in [3.05, 3.63) is 6.33 Å². The van der Waals surface area contributed by atoms with Gasteiger partial charge in [-0.25, -0.2) is 9.97 Å². The van der Waals surface area contributed by atoms with E-state index in [9.17, 15) is 0 Å². The minimum Gasteiger partial charge on any atom is -0.479 e. The smallest absolute Gasteiger partial charge is 0.245 e. The number of aryl methyl sites for hydroxylation is 1. The highest BCUT2D eigenvalue weighted by atomic mass is 16.5. The standard InChI is InChI=1S/C11H17N5O2/c1-17-6-4-3-5-16-9-8(15-11(16)12)10(18-2)14-7-13-9/h7H,3-6H2,1-2H3,(H2,12,15). The average molecular weight is 251 g/mol. The van der Waals surface area contributed by atoms with Crippen molar-refractivity contribution in [2.45, 2.75) is 19.4 Å². The minimum atomic E-state index is 0.432. The molecule has 2 aromatic rings. The summed E-state index contributed by atoms with van der Waals surface area (Å²) in [5.41, 5.74) is 7.20. The molecule has 2 N–H and O–H groups in total. The van der Waals surface area contributed by atoms with Gasteiger partial charge in [-0.3, -0.25) is 4.57 Å². The molecule has 0 saturated carbocycles. The fourth-order valence-corrected chi connectivity index (χ4v) is 1.82. The first-order valence-corrected chi connectivity index (χ1v) is 5.77. The lowest BCUT2D eigenvalue weighted by atomic mass is 10.3. The first-order valence-electron chi connectivity index (χ1n) is 5.77. The van der Waals surface area contributed by atoms with E-state index in [1.807, 2.05) is 4.57 Å². The summed E-state index contributed by atoms with van der Waals surface area (Å²) in [6.07, 6.45) is 3.38. The number of rotatable bonds is 6. The van der Waals surface area contributed by atoms with Crippen LogP contribution in [-0.2, 0) is 11.3 Å². The molecule has 7 heteroatoms. The van der Waals surface area contributed by atoms with E-state index in [1.54, 1.807) is 14.2 Å². The van der Waals surface area contributed by atoms with Crippen molar-refractivity contribution >= 4 is 17.1 Å². The molecule has 0 fully saturated rings. The van der Waals surface area contributed by atoms with Crippen molar-refractivity contribution in [3.63, 3.8) is 0 Å². The van der Waals surface area contributed by atoms with Gasteiger partial charge in [0.05, 0.1) is 7.11 Å². The van der Waals surface area contributed by atoms with E-state index in [4.69, 9.17) is 15.2 Å². The Hall–Kier alpha value is -1.89. The highest BCUT2D eigenvalue weighted by Crippen LogP contribution is 2.22. The van der Waals surface area contributed by atoms with Gasteiger partial charge in [-0.2, -0.15) is 4.98 Å². The molecule has 0 bridgehead atoms. The molecular formula is C11H17N5O2. The Morgan fingerprint density at radius 3 is 2.83 bits per heavy atom. The van der Waals surface area contributed by atoms with Gasteiger partial charge in [0.15, 0.2) is 11.2 Å². The summed E-state index contributed by atoms with van der Waals surface area (Å²) >= 11 is 0. The molecular weight excluding hydrogens is 234 g/mol. The molecule has 0 saturated heterocycles. The molecule has 2 aromatic heterocycles. The van der Waals surface area contributed by atoms with Crippen LogP contribution in [0.25, 0.3) is 11.2 Å². The number of nitrogens with two attached hydrogens (primary N) is 1. The summed E-state index contributed by atoms with van der Waals surface area (Å²) in [7, 11) is 3.24. The molecule has 0 radical (unpaired) electrons. The third-order valence-corrected chi connectivity index (χ3v) is 2.70. The first-order chi connectivity index (χ1) is 8.77. The lowest BCUT2D eigenvalue weighted by Crippen LogP contribution is -2.05. The molecule has 18 heavy (non-hydrogen) atoms. The van der Waals surface area contributed by atoms with Gasteiger partial charge < -0.3 is 15.2 Å². The molecule has 0 aliphatic heterocycles. The van der Waals surface area contributed by atoms with E-state index in [2.05, 4.69) is 15.0 Å². The van der Waals surface area contributed by atoms with Crippen molar-refractivity contribution in [3.8, 4) is 5.88 Å². The number of methoxy groups -OCH3 is 2. The zero-order valence-electron chi connectivity index (χ0n) is 10.6. The van der Waals surface area contributed by atoms with E-state index in [0.29, 0.717) is 23.0 Å². The Labute approximate surface area is 105 Å². The zero-order chi connectivity index (χ0) is 13.0. The van der Waals surface area contributed by atoms with E-state index in [0.717, 1.165) is 26.0 Å². The van der Waals surface area contributed by atoms with Crippen LogP contribution in [0.3, 0.4) is 0 Å². The number of anilines is 1. The molecule has 0 aromatic carbocycles. The van der Waals surface area contributed by atoms with Crippen LogP contribution in [0.2, 0.25) is 0 Å². The number of fused-ring (bicyclic) bond motifs is 1. The Bertz CT molecular complexity index is 525. The molecule has 0 aliphatic carbocycles. The molecule has 7 nitrogen and oxygen atoms in total. The third kappa shape index (κ3) is 2.35. The third-order valence-electron chi connectivity index (χ3n) is 2.70. The fourth-order valence-electron chi connectivity index (χ4n) is 1.82. The van der Waals surface area contributed by atoms with Crippen molar-refractivity contribution in [1.29, 1.82) is 0 Å². The van der Waals surface area contributed by atoms with Crippen molar-refractivity contribution in [2.24, 2.45) is 0 Å². The van der Waals surface area contributed by atoms with Crippen LogP contribution in [0, 0.1) is 0 Å². The summed E-state index contributed by atoms with van der Waals surface area (Å²) in [5.74, 6) is 0.878. The average Bonchev–Trinajstić information content (AvgIpc) is 2.70. The van der Waals surface area contributed by atoms with Crippen molar-refractivity contribution in [1.82, 2.24) is 19.5 Å². The number of ether oxygens (including phenoxy) is 2. The van der Waals surface area contributed by atoms with Gasteiger partial charge in [0.1, 0.15) is 6.33 Å². The fraction of sp³-hybridized carbons (Fsp3) is 0.545. The number of imidazole rings is 1. The molecule has 0 amide bonds. The lowest BCUT2D eigenvalue weighted by Gasteiger charge is -2.05. The van der Waals surface area contributed by atoms with Crippen LogP contribution in [0.5, 0.6) is 5.88 Å². The van der Waals surface area contributed by atoms with Crippen molar-refractivity contribution < 1.29 is 9.47 Å². The van der Waals surface area contributed by atoms with Crippen LogP contribution in [-0.4, -0.2) is 40.3 Å². The second kappa shape index (κ2) is 5.63. The first kappa shape index (κ1) is 12.6. The molecule has 0 unspecified atom stereocenters. The maximum atomic E-state index is 5.89. The SMILES string of the molecule is COCCCCn1c(N)nc2c(OC)ncnc21. The van der Waals surface area contributed by atoms with Gasteiger partial charge in [-0.05, 0) is 12.8 Å². The van der Waals surface area contributed by atoms with Gasteiger partial charge >= 0.3 is 0 Å². The van der Waals surface area contributed by atoms with Crippen LogP contribution in [0.4, 0.5) is 5.95 Å². The molecule has 98 valence electrons. The van der Waals surface area contributed by atoms with E-state index >= 15 is 0 Å². The Kier molecular flexibility index (Phi) is 3.93. The lowest BCUT2D eigenvalue weighted by molar-refractivity contribution is 0.191. The number of nitrogen functional groups attached to an aromatic ring is 1. The van der Waals surface area contributed by atoms with Crippen LogP contribution in [0.15, 0.2) is 6.33 Å². The second-order valence-corrected chi connectivity index (χ2v) is 3.88. The predicted molar refractivity (Wildman–Crippen MR) is 67.4 cm³/mol. The quantitative estimate of drug-likeness (QED) is 0.765. The number of aromatic nitrogens is 4. The zero-order valence-corrected chi connectivity index (χ0v) is 10.6. The van der Waals surface area contributed by atoms with E-state index < -0.39 is 0 Å². The maximum absolute atomic E-state index is 5.89. The van der Waals surface area contributed by atoms with Crippen LogP contribution < -0.4 is 10.5 Å². The number of hydrogen-bond acceptors (Lipinski definition) is 6. The minimum absolute atomic E-state index is 0.432. The predicted octanol–water partition coefficient (Wildman–Crippen LogP) is 0.844. The number of nitrogens with zero attached hydrogens (tertiary/aromatic N) is 4. The summed E-state index contributed by atoms with van der Waals surface area (Å²) in [6, 6.07) is 0. The molecule has 0 spiro atoms. The largest absolute Gasteiger partial charge is 0.479 e. The van der Waals surface area contributed by atoms with Gasteiger partial charge in [0.25, 0.3) is 0 Å². The Balaban J connectivity index is 2.24. The van der Waals surface area contributed by atoms with Gasteiger partial charge in [-0.1, -0.05) is 0 Å². The molecule has 2 rings (SSSR count). The number of unbranched alkanes of at least 4 members (excludes halogenated alkanes) is 1. The summed E-state index contributed by atoms with van der Waals surface area (Å²) in [6.45, 7) is 1.50. The van der Waals surface area contributed by atoms with E-state index in [-0.39, 0.29) is 0 Å². The highest BCUT2D eigenvalue weighted by molar-refractivity contribution is 5.78. The van der Waals surface area contributed by atoms with Crippen LogP contribution in [0.1, 0.15) is 12.8 Å². The Morgan fingerprint density at radius 1 is 1.28 bits per heavy atom. The summed E-state index contributed by atoms with van der Waals surface area (Å²) < 4.78 is 12.0. The Morgan fingerprint density at radius 2 is 2.11 bits per heavy atom. The summed E-state index contributed by atoms with van der Waals surface area (Å²) in [4.78, 5) is 12.5. The summed E-state index contributed by atoms with van der Waals surface area (Å²) in [5, 5.41) is 0. The number of hydrogen-bond donors (Lipinski definition) is 1. The monoisotopic (exact) mass is 251 g/mol. The van der Waals surface area contributed by atoms with Gasteiger partial charge in [-0.15, -0.1) is 0 Å². The maximum Gasteiger partial charge on any atom is 0.245 e. The molecule has 2 heterocycles.